The molecule has 0 aliphatic carbocycles. The number of hydrogen-bond donors (Lipinski definition) is 2. The van der Waals surface area contributed by atoms with Gasteiger partial charge in [0.2, 0.25) is 15.9 Å². The zero-order valence-electron chi connectivity index (χ0n) is 17.5. The fraction of sp³-hybridized carbons (Fsp3) is 0.348. The average molecular weight is 441 g/mol. The minimum absolute atomic E-state index is 0.122. The van der Waals surface area contributed by atoms with E-state index in [9.17, 15) is 13.2 Å². The van der Waals surface area contributed by atoms with Gasteiger partial charge in [-0.1, -0.05) is 30.3 Å². The lowest BCUT2D eigenvalue weighted by atomic mass is 10.1. The van der Waals surface area contributed by atoms with Crippen LogP contribution in [0.15, 0.2) is 65.7 Å². The lowest BCUT2D eigenvalue weighted by molar-refractivity contribution is -0.121. The van der Waals surface area contributed by atoms with Gasteiger partial charge < -0.3 is 10.3 Å². The Hall–Kier alpha value is -2.68. The van der Waals surface area contributed by atoms with E-state index in [1.807, 2.05) is 12.3 Å². The third-order valence-electron chi connectivity index (χ3n) is 5.68. The highest BCUT2D eigenvalue weighted by molar-refractivity contribution is 7.89. The smallest absolute Gasteiger partial charge is 0.243 e. The molecule has 2 N–H and O–H groups in total. The minimum atomic E-state index is -3.63. The van der Waals surface area contributed by atoms with Gasteiger partial charge >= 0.3 is 0 Å². The highest BCUT2D eigenvalue weighted by Gasteiger charge is 2.25. The molecule has 3 aromatic rings. The third-order valence-corrected chi connectivity index (χ3v) is 7.59. The van der Waals surface area contributed by atoms with Crippen molar-refractivity contribution in [1.29, 1.82) is 0 Å². The number of aromatic amines is 1. The van der Waals surface area contributed by atoms with Gasteiger partial charge in [-0.2, -0.15) is 4.31 Å². The first-order chi connectivity index (χ1) is 15.0. The Bertz CT molecular complexity index is 1130. The molecule has 0 bridgehead atoms. The predicted octanol–water partition coefficient (Wildman–Crippen LogP) is 2.57. The molecule has 0 radical (unpaired) electrons. The fourth-order valence-electron chi connectivity index (χ4n) is 4.03. The molecule has 164 valence electrons. The van der Waals surface area contributed by atoms with E-state index in [1.165, 1.54) is 15.3 Å². The van der Waals surface area contributed by atoms with Crippen molar-refractivity contribution in [2.45, 2.75) is 24.3 Å². The van der Waals surface area contributed by atoms with Crippen LogP contribution in [0, 0.1) is 0 Å². The summed E-state index contributed by atoms with van der Waals surface area (Å²) in [6, 6.07) is 16.7. The van der Waals surface area contributed by atoms with Crippen molar-refractivity contribution < 1.29 is 13.2 Å². The van der Waals surface area contributed by atoms with Crippen molar-refractivity contribution in [2.24, 2.45) is 0 Å². The number of amides is 1. The van der Waals surface area contributed by atoms with Crippen LogP contribution in [0.5, 0.6) is 0 Å². The number of hydrogen-bond acceptors (Lipinski definition) is 4. The number of carbonyl (C=O) groups excluding carboxylic acids is 1. The van der Waals surface area contributed by atoms with Gasteiger partial charge in [-0.25, -0.2) is 8.42 Å². The third kappa shape index (κ3) is 5.15. The van der Waals surface area contributed by atoms with E-state index in [2.05, 4.69) is 33.4 Å². The molecule has 4 rings (SSSR count). The molecule has 1 fully saturated rings. The predicted molar refractivity (Wildman–Crippen MR) is 121 cm³/mol. The molecule has 0 spiro atoms. The summed E-state index contributed by atoms with van der Waals surface area (Å²) >= 11 is 0. The molecule has 2 heterocycles. The van der Waals surface area contributed by atoms with Crippen molar-refractivity contribution in [3.8, 4) is 0 Å². The number of benzene rings is 2. The standard InChI is InChI=1S/C23H28N4O3S/c28-23-11-16-27(31(29,30)20-7-2-1-3-8-20)15-5-14-26(17-13-25-23)18-19-6-4-9-22-21(19)10-12-24-22/h1-4,6-10,12,24H,5,11,13-18H2,(H,25,28). The first kappa shape index (κ1) is 21.5. The molecule has 2 aromatic carbocycles. The molecule has 7 nitrogen and oxygen atoms in total. The van der Waals surface area contributed by atoms with Gasteiger partial charge in [-0.05, 0) is 42.8 Å². The van der Waals surface area contributed by atoms with E-state index < -0.39 is 10.0 Å². The van der Waals surface area contributed by atoms with Gasteiger partial charge in [-0.15, -0.1) is 0 Å². The molecule has 0 atom stereocenters. The zero-order valence-corrected chi connectivity index (χ0v) is 18.3. The number of fused-ring (bicyclic) bond motifs is 1. The van der Waals surface area contributed by atoms with Crippen LogP contribution in [-0.4, -0.2) is 61.2 Å². The van der Waals surface area contributed by atoms with E-state index in [1.54, 1.807) is 30.3 Å². The molecular weight excluding hydrogens is 412 g/mol. The second kappa shape index (κ2) is 9.64. The van der Waals surface area contributed by atoms with Crippen molar-refractivity contribution >= 4 is 26.8 Å². The van der Waals surface area contributed by atoms with Gasteiger partial charge in [-0.3, -0.25) is 9.69 Å². The second-order valence-corrected chi connectivity index (χ2v) is 9.74. The first-order valence-electron chi connectivity index (χ1n) is 10.6. The summed E-state index contributed by atoms with van der Waals surface area (Å²) in [5.74, 6) is -0.122. The number of nitrogens with one attached hydrogen (secondary N) is 2. The molecule has 0 unspecified atom stereocenters. The van der Waals surface area contributed by atoms with Gasteiger partial charge in [0.1, 0.15) is 0 Å². The average Bonchev–Trinajstić information content (AvgIpc) is 3.24. The van der Waals surface area contributed by atoms with Gasteiger partial charge in [0.15, 0.2) is 0 Å². The topological polar surface area (TPSA) is 85.5 Å². The van der Waals surface area contributed by atoms with Crippen molar-refractivity contribution in [3.05, 3.63) is 66.4 Å². The lowest BCUT2D eigenvalue weighted by Gasteiger charge is -2.25. The van der Waals surface area contributed by atoms with Crippen LogP contribution >= 0.6 is 0 Å². The Morgan fingerprint density at radius 1 is 0.903 bits per heavy atom. The molecule has 8 heteroatoms. The summed E-state index contributed by atoms with van der Waals surface area (Å²) in [6.45, 7) is 3.33. The SMILES string of the molecule is O=C1CCN(S(=O)(=O)c2ccccc2)CCCN(Cc2cccc3[nH]ccc23)CCN1. The quantitative estimate of drug-likeness (QED) is 0.653. The number of sulfonamides is 1. The van der Waals surface area contributed by atoms with Gasteiger partial charge in [0, 0.05) is 56.2 Å². The summed E-state index contributed by atoms with van der Waals surface area (Å²) in [5, 5.41) is 4.12. The summed E-state index contributed by atoms with van der Waals surface area (Å²) < 4.78 is 27.7. The molecule has 31 heavy (non-hydrogen) atoms. The lowest BCUT2D eigenvalue weighted by Crippen LogP contribution is -2.36. The Morgan fingerprint density at radius 3 is 2.58 bits per heavy atom. The van der Waals surface area contributed by atoms with E-state index in [0.717, 1.165) is 25.2 Å². The second-order valence-electron chi connectivity index (χ2n) is 7.80. The van der Waals surface area contributed by atoms with Crippen molar-refractivity contribution in [1.82, 2.24) is 19.5 Å². The Labute approximate surface area is 183 Å². The minimum Gasteiger partial charge on any atom is -0.361 e. The van der Waals surface area contributed by atoms with Crippen molar-refractivity contribution in [3.63, 3.8) is 0 Å². The van der Waals surface area contributed by atoms with Crippen molar-refractivity contribution in [2.75, 3.05) is 32.7 Å². The number of rotatable bonds is 4. The van der Waals surface area contributed by atoms with E-state index in [0.29, 0.717) is 19.5 Å². The maximum Gasteiger partial charge on any atom is 0.243 e. The van der Waals surface area contributed by atoms with Crippen LogP contribution < -0.4 is 5.32 Å². The highest BCUT2D eigenvalue weighted by Crippen LogP contribution is 2.20. The van der Waals surface area contributed by atoms with Crippen LogP contribution in [0.4, 0.5) is 0 Å². The molecule has 1 aliphatic rings. The highest BCUT2D eigenvalue weighted by atomic mass is 32.2. The van der Waals surface area contributed by atoms with Gasteiger partial charge in [0.05, 0.1) is 4.90 Å². The van der Waals surface area contributed by atoms with E-state index in [4.69, 9.17) is 0 Å². The Morgan fingerprint density at radius 2 is 1.74 bits per heavy atom. The largest absolute Gasteiger partial charge is 0.361 e. The first-order valence-corrected chi connectivity index (χ1v) is 12.1. The van der Waals surface area contributed by atoms with Crippen LogP contribution in [-0.2, 0) is 21.4 Å². The number of H-pyrrole nitrogens is 1. The Balaban J connectivity index is 1.50. The Kier molecular flexibility index (Phi) is 6.70. The van der Waals surface area contributed by atoms with Crippen LogP contribution in [0.25, 0.3) is 10.9 Å². The van der Waals surface area contributed by atoms with Gasteiger partial charge in [0.25, 0.3) is 0 Å². The number of carbonyl (C=O) groups is 1. The summed E-state index contributed by atoms with van der Waals surface area (Å²) in [4.78, 5) is 18.1. The molecule has 1 saturated heterocycles. The summed E-state index contributed by atoms with van der Waals surface area (Å²) in [5.41, 5.74) is 2.32. The monoisotopic (exact) mass is 440 g/mol. The number of nitrogens with zero attached hydrogens (tertiary/aromatic N) is 2. The molecule has 1 amide bonds. The molecular formula is C23H28N4O3S. The normalized spacial score (nSPS) is 17.9. The molecule has 0 saturated carbocycles. The maximum absolute atomic E-state index is 13.1. The van der Waals surface area contributed by atoms with E-state index in [-0.39, 0.29) is 23.8 Å². The number of aromatic nitrogens is 1. The molecule has 1 aromatic heterocycles. The maximum atomic E-state index is 13.1. The zero-order chi connectivity index (χ0) is 21.7. The fourth-order valence-corrected chi connectivity index (χ4v) is 5.53. The van der Waals surface area contributed by atoms with Crippen LogP contribution in [0.1, 0.15) is 18.4 Å². The van der Waals surface area contributed by atoms with Crippen LogP contribution in [0.3, 0.4) is 0 Å². The van der Waals surface area contributed by atoms with E-state index >= 15 is 0 Å². The molecule has 1 aliphatic heterocycles. The summed E-state index contributed by atoms with van der Waals surface area (Å²) in [7, 11) is -3.63. The van der Waals surface area contributed by atoms with Crippen LogP contribution in [0.2, 0.25) is 0 Å². The summed E-state index contributed by atoms with van der Waals surface area (Å²) in [6.07, 6.45) is 2.80.